The third-order valence-corrected chi connectivity index (χ3v) is 6.64. The first-order chi connectivity index (χ1) is 12.2. The zero-order chi connectivity index (χ0) is 17.5. The summed E-state index contributed by atoms with van der Waals surface area (Å²) in [5.41, 5.74) is 1.59. The van der Waals surface area contributed by atoms with Crippen LogP contribution in [0.3, 0.4) is 0 Å². The first-order valence-electron chi connectivity index (χ1n) is 9.33. The Balaban J connectivity index is 1.37. The molecule has 2 saturated heterocycles. The normalized spacial score (nSPS) is 20.2. The Morgan fingerprint density at radius 2 is 1.88 bits per heavy atom. The third kappa shape index (κ3) is 5.24. The Morgan fingerprint density at radius 1 is 1.12 bits per heavy atom. The van der Waals surface area contributed by atoms with Crippen LogP contribution >= 0.6 is 11.8 Å². The van der Waals surface area contributed by atoms with E-state index in [0.29, 0.717) is 18.7 Å². The summed E-state index contributed by atoms with van der Waals surface area (Å²) in [5.74, 6) is 2.33. The lowest BCUT2D eigenvalue weighted by atomic mass is 9.73. The molecule has 0 unspecified atom stereocenters. The lowest BCUT2D eigenvalue weighted by Gasteiger charge is -2.41. The molecule has 2 fully saturated rings. The van der Waals surface area contributed by atoms with Crippen molar-refractivity contribution in [1.29, 1.82) is 0 Å². The Kier molecular flexibility index (Phi) is 6.40. The number of carbonyl (C=O) groups excluding carboxylic acids is 2. The third-order valence-electron chi connectivity index (χ3n) is 5.61. The molecular formula is C20H28N2O2S. The van der Waals surface area contributed by atoms with Crippen LogP contribution in [0.1, 0.15) is 44.1 Å². The van der Waals surface area contributed by atoms with Gasteiger partial charge in [-0.1, -0.05) is 30.3 Å². The quantitative estimate of drug-likeness (QED) is 0.820. The number of amides is 2. The Labute approximate surface area is 154 Å². The molecule has 25 heavy (non-hydrogen) atoms. The van der Waals surface area contributed by atoms with Gasteiger partial charge in [0.1, 0.15) is 0 Å². The second-order valence-corrected chi connectivity index (χ2v) is 8.37. The van der Waals surface area contributed by atoms with Crippen molar-refractivity contribution in [3.05, 3.63) is 35.9 Å². The van der Waals surface area contributed by atoms with E-state index in [1.54, 1.807) is 0 Å². The monoisotopic (exact) mass is 360 g/mol. The molecule has 2 amide bonds. The molecule has 2 aliphatic heterocycles. The highest BCUT2D eigenvalue weighted by Crippen LogP contribution is 2.40. The van der Waals surface area contributed by atoms with Gasteiger partial charge < -0.3 is 10.2 Å². The summed E-state index contributed by atoms with van der Waals surface area (Å²) in [6, 6.07) is 10.4. The number of thioether (sulfide) groups is 1. The van der Waals surface area contributed by atoms with Gasteiger partial charge in [0.25, 0.3) is 0 Å². The molecular weight excluding hydrogens is 332 g/mol. The summed E-state index contributed by atoms with van der Waals surface area (Å²) in [6.45, 7) is 2.51. The predicted molar refractivity (Wildman–Crippen MR) is 102 cm³/mol. The van der Waals surface area contributed by atoms with Gasteiger partial charge in [0.15, 0.2) is 0 Å². The van der Waals surface area contributed by atoms with Crippen LogP contribution in [0.2, 0.25) is 0 Å². The largest absolute Gasteiger partial charge is 0.356 e. The lowest BCUT2D eigenvalue weighted by molar-refractivity contribution is -0.133. The van der Waals surface area contributed by atoms with E-state index in [9.17, 15) is 9.59 Å². The molecule has 0 bridgehead atoms. The van der Waals surface area contributed by atoms with E-state index in [1.807, 2.05) is 22.7 Å². The number of hydrogen-bond acceptors (Lipinski definition) is 3. The van der Waals surface area contributed by atoms with Crippen molar-refractivity contribution in [1.82, 2.24) is 10.2 Å². The molecule has 0 radical (unpaired) electrons. The highest BCUT2D eigenvalue weighted by Gasteiger charge is 2.36. The minimum Gasteiger partial charge on any atom is -0.356 e. The Bertz CT molecular complexity index is 583. The van der Waals surface area contributed by atoms with E-state index in [0.717, 1.165) is 56.8 Å². The zero-order valence-electron chi connectivity index (χ0n) is 14.8. The van der Waals surface area contributed by atoms with Crippen molar-refractivity contribution in [3.8, 4) is 0 Å². The molecule has 2 aliphatic rings. The average Bonchev–Trinajstić information content (AvgIpc) is 2.82. The molecule has 0 atom stereocenters. The maximum atomic E-state index is 12.4. The van der Waals surface area contributed by atoms with E-state index in [4.69, 9.17) is 0 Å². The van der Waals surface area contributed by atoms with Crippen LogP contribution in [0, 0.1) is 5.41 Å². The number of piperidine rings is 1. The van der Waals surface area contributed by atoms with Crippen LogP contribution < -0.4 is 5.32 Å². The standard InChI is InChI=1S/C20H28N2O2S/c23-18-6-8-20(9-12-21-18)10-13-22(14-11-20)19(24)7-15-25-16-17-4-2-1-3-5-17/h1-5H,6-16H2,(H,21,23). The molecule has 0 aromatic heterocycles. The molecule has 5 heteroatoms. The SMILES string of the molecule is O=C1CCC2(CCN1)CCN(C(=O)CCSCc1ccccc1)CC2. The fourth-order valence-corrected chi connectivity index (χ4v) is 4.76. The van der Waals surface area contributed by atoms with Gasteiger partial charge in [0, 0.05) is 44.0 Å². The van der Waals surface area contributed by atoms with E-state index < -0.39 is 0 Å². The van der Waals surface area contributed by atoms with E-state index >= 15 is 0 Å². The van der Waals surface area contributed by atoms with Gasteiger partial charge in [-0.2, -0.15) is 11.8 Å². The van der Waals surface area contributed by atoms with Gasteiger partial charge in [0.05, 0.1) is 0 Å². The van der Waals surface area contributed by atoms with Crippen molar-refractivity contribution in [3.63, 3.8) is 0 Å². The summed E-state index contributed by atoms with van der Waals surface area (Å²) in [7, 11) is 0. The van der Waals surface area contributed by atoms with Crippen LogP contribution in [-0.2, 0) is 15.3 Å². The fourth-order valence-electron chi connectivity index (χ4n) is 3.87. The summed E-state index contributed by atoms with van der Waals surface area (Å²) in [4.78, 5) is 26.0. The lowest BCUT2D eigenvalue weighted by Crippen LogP contribution is -2.43. The second-order valence-electron chi connectivity index (χ2n) is 7.27. The molecule has 1 aromatic carbocycles. The Morgan fingerprint density at radius 3 is 2.64 bits per heavy atom. The molecule has 4 nitrogen and oxygen atoms in total. The van der Waals surface area contributed by atoms with Crippen LogP contribution in [0.4, 0.5) is 0 Å². The first-order valence-corrected chi connectivity index (χ1v) is 10.5. The van der Waals surface area contributed by atoms with E-state index in [-0.39, 0.29) is 11.3 Å². The van der Waals surface area contributed by atoms with Crippen molar-refractivity contribution < 1.29 is 9.59 Å². The van der Waals surface area contributed by atoms with Gasteiger partial charge in [-0.05, 0) is 36.7 Å². The van der Waals surface area contributed by atoms with Gasteiger partial charge in [-0.3, -0.25) is 9.59 Å². The number of rotatable bonds is 5. The number of carbonyl (C=O) groups is 2. The van der Waals surface area contributed by atoms with Crippen LogP contribution in [0.15, 0.2) is 30.3 Å². The topological polar surface area (TPSA) is 49.4 Å². The molecule has 1 aromatic rings. The number of nitrogens with zero attached hydrogens (tertiary/aromatic N) is 1. The predicted octanol–water partition coefficient (Wildman–Crippen LogP) is 3.22. The molecule has 0 aliphatic carbocycles. The molecule has 1 N–H and O–H groups in total. The first kappa shape index (κ1) is 18.3. The van der Waals surface area contributed by atoms with Gasteiger partial charge in [0.2, 0.25) is 11.8 Å². The highest BCUT2D eigenvalue weighted by molar-refractivity contribution is 7.98. The van der Waals surface area contributed by atoms with Crippen molar-refractivity contribution in [2.75, 3.05) is 25.4 Å². The van der Waals surface area contributed by atoms with E-state index in [1.165, 1.54) is 5.56 Å². The number of nitrogens with one attached hydrogen (secondary N) is 1. The minimum absolute atomic E-state index is 0.186. The molecule has 136 valence electrons. The van der Waals surface area contributed by atoms with Crippen molar-refractivity contribution in [2.24, 2.45) is 5.41 Å². The number of benzene rings is 1. The van der Waals surface area contributed by atoms with Crippen LogP contribution in [0.5, 0.6) is 0 Å². The van der Waals surface area contributed by atoms with Crippen LogP contribution in [-0.4, -0.2) is 42.1 Å². The Hall–Kier alpha value is -1.49. The van der Waals surface area contributed by atoms with Gasteiger partial charge >= 0.3 is 0 Å². The summed E-state index contributed by atoms with van der Waals surface area (Å²) >= 11 is 1.83. The maximum absolute atomic E-state index is 12.4. The molecule has 1 spiro atoms. The van der Waals surface area contributed by atoms with Gasteiger partial charge in [-0.15, -0.1) is 0 Å². The average molecular weight is 361 g/mol. The zero-order valence-corrected chi connectivity index (χ0v) is 15.7. The smallest absolute Gasteiger partial charge is 0.223 e. The van der Waals surface area contributed by atoms with Crippen LogP contribution in [0.25, 0.3) is 0 Å². The number of hydrogen-bond donors (Lipinski definition) is 1. The summed E-state index contributed by atoms with van der Waals surface area (Å²) in [6.07, 6.45) is 5.41. The van der Waals surface area contributed by atoms with Gasteiger partial charge in [-0.25, -0.2) is 0 Å². The molecule has 2 heterocycles. The molecule has 0 saturated carbocycles. The minimum atomic E-state index is 0.186. The fraction of sp³-hybridized carbons (Fsp3) is 0.600. The molecule has 3 rings (SSSR count). The summed E-state index contributed by atoms with van der Waals surface area (Å²) in [5, 5.41) is 2.98. The summed E-state index contributed by atoms with van der Waals surface area (Å²) < 4.78 is 0. The van der Waals surface area contributed by atoms with E-state index in [2.05, 4.69) is 29.6 Å². The highest BCUT2D eigenvalue weighted by atomic mass is 32.2. The second kappa shape index (κ2) is 8.75. The maximum Gasteiger partial charge on any atom is 0.223 e. The van der Waals surface area contributed by atoms with Crippen molar-refractivity contribution in [2.45, 2.75) is 44.3 Å². The number of likely N-dealkylation sites (tertiary alicyclic amines) is 1. The van der Waals surface area contributed by atoms with Crippen molar-refractivity contribution >= 4 is 23.6 Å².